The van der Waals surface area contributed by atoms with Crippen LogP contribution in [0.15, 0.2) is 24.3 Å². The van der Waals surface area contributed by atoms with Gasteiger partial charge in [0.25, 0.3) is 0 Å². The van der Waals surface area contributed by atoms with Gasteiger partial charge in [-0.3, -0.25) is 0 Å². The second kappa shape index (κ2) is 3.57. The first-order chi connectivity index (χ1) is 7.41. The molecule has 0 aromatic heterocycles. The summed E-state index contributed by atoms with van der Waals surface area (Å²) in [5.41, 5.74) is 2.07. The second-order valence-corrected chi connectivity index (χ2v) is 5.37. The van der Waals surface area contributed by atoms with Crippen molar-refractivity contribution in [3.8, 4) is 0 Å². The van der Waals surface area contributed by atoms with Crippen molar-refractivity contribution in [3.63, 3.8) is 0 Å². The number of ether oxygens (including phenoxy) is 1. The lowest BCUT2D eigenvalue weighted by molar-refractivity contribution is -0.300. The first-order valence-corrected chi connectivity index (χ1v) is 5.80. The van der Waals surface area contributed by atoms with Crippen molar-refractivity contribution in [2.24, 2.45) is 5.41 Å². The normalized spacial score (nSPS) is 32.2. The summed E-state index contributed by atoms with van der Waals surface area (Å²) in [6, 6.07) is 8.03. The summed E-state index contributed by atoms with van der Waals surface area (Å²) >= 11 is 0. The minimum atomic E-state index is -0.208. The molecule has 0 radical (unpaired) electrons. The van der Waals surface area contributed by atoms with Crippen LogP contribution in [0.25, 0.3) is 0 Å². The summed E-state index contributed by atoms with van der Waals surface area (Å²) in [5.74, 6) is 0. The zero-order valence-corrected chi connectivity index (χ0v) is 10.4. The molecule has 0 amide bonds. The Bertz CT molecular complexity index is 380. The van der Waals surface area contributed by atoms with Gasteiger partial charge in [0.15, 0.2) is 0 Å². The summed E-state index contributed by atoms with van der Waals surface area (Å²) in [6.45, 7) is 8.82. The fraction of sp³-hybridized carbons (Fsp3) is 0.571. The fourth-order valence-corrected chi connectivity index (χ4v) is 2.35. The predicted octanol–water partition coefficient (Wildman–Crippen LogP) is 2.84. The van der Waals surface area contributed by atoms with Crippen molar-refractivity contribution < 1.29 is 9.84 Å². The lowest BCUT2D eigenvalue weighted by Crippen LogP contribution is -2.61. The van der Waals surface area contributed by atoms with Crippen molar-refractivity contribution in [2.75, 3.05) is 0 Å². The Hall–Kier alpha value is -0.860. The second-order valence-electron chi connectivity index (χ2n) is 5.37. The molecule has 1 saturated heterocycles. The van der Waals surface area contributed by atoms with E-state index in [0.29, 0.717) is 0 Å². The maximum absolute atomic E-state index is 9.02. The standard InChI is InChI=1S/C14H20O2/c1-10-13(2,3)14(4,16-10)12-7-5-11(9-15)6-8-12/h5-8,10,15H,9H2,1-4H3. The smallest absolute Gasteiger partial charge is 0.0982 e. The van der Waals surface area contributed by atoms with Gasteiger partial charge in [0.05, 0.1) is 18.3 Å². The molecule has 0 saturated carbocycles. The quantitative estimate of drug-likeness (QED) is 0.830. The van der Waals surface area contributed by atoms with Crippen LogP contribution >= 0.6 is 0 Å². The highest BCUT2D eigenvalue weighted by molar-refractivity contribution is 5.31. The number of aliphatic hydroxyl groups excluding tert-OH is 1. The summed E-state index contributed by atoms with van der Waals surface area (Å²) < 4.78 is 5.94. The largest absolute Gasteiger partial charge is 0.392 e. The van der Waals surface area contributed by atoms with Crippen molar-refractivity contribution in [1.29, 1.82) is 0 Å². The van der Waals surface area contributed by atoms with Gasteiger partial charge in [-0.15, -0.1) is 0 Å². The number of hydrogen-bond donors (Lipinski definition) is 1. The van der Waals surface area contributed by atoms with E-state index < -0.39 is 0 Å². The SMILES string of the molecule is CC1OC(C)(c2ccc(CO)cc2)C1(C)C. The molecule has 2 rings (SSSR count). The van der Waals surface area contributed by atoms with Gasteiger partial charge in [0.2, 0.25) is 0 Å². The minimum Gasteiger partial charge on any atom is -0.392 e. The molecule has 1 aliphatic heterocycles. The molecule has 1 aromatic carbocycles. The Morgan fingerprint density at radius 2 is 1.75 bits per heavy atom. The summed E-state index contributed by atoms with van der Waals surface area (Å²) in [4.78, 5) is 0. The average molecular weight is 220 g/mol. The highest BCUT2D eigenvalue weighted by Crippen LogP contribution is 2.55. The molecule has 16 heavy (non-hydrogen) atoms. The van der Waals surface area contributed by atoms with Gasteiger partial charge in [-0.2, -0.15) is 0 Å². The van der Waals surface area contributed by atoms with Crippen LogP contribution in [-0.2, 0) is 16.9 Å². The van der Waals surface area contributed by atoms with E-state index in [1.165, 1.54) is 5.56 Å². The number of hydrogen-bond acceptors (Lipinski definition) is 2. The van der Waals surface area contributed by atoms with Crippen LogP contribution in [0.4, 0.5) is 0 Å². The molecule has 0 aliphatic carbocycles. The Labute approximate surface area is 97.3 Å². The zero-order chi connectivity index (χ0) is 12.0. The molecule has 2 heteroatoms. The van der Waals surface area contributed by atoms with Crippen LogP contribution in [0, 0.1) is 5.41 Å². The third-order valence-electron chi connectivity index (χ3n) is 4.35. The number of benzene rings is 1. The Morgan fingerprint density at radius 3 is 2.12 bits per heavy atom. The van der Waals surface area contributed by atoms with E-state index >= 15 is 0 Å². The molecule has 2 atom stereocenters. The molecule has 1 aromatic rings. The highest BCUT2D eigenvalue weighted by Gasteiger charge is 2.57. The van der Waals surface area contributed by atoms with E-state index in [4.69, 9.17) is 9.84 Å². The molecule has 88 valence electrons. The molecule has 0 spiro atoms. The van der Waals surface area contributed by atoms with Crippen LogP contribution in [-0.4, -0.2) is 11.2 Å². The highest BCUT2D eigenvalue weighted by atomic mass is 16.5. The van der Waals surface area contributed by atoms with E-state index in [-0.39, 0.29) is 23.7 Å². The van der Waals surface area contributed by atoms with Crippen molar-refractivity contribution >= 4 is 0 Å². The van der Waals surface area contributed by atoms with Crippen molar-refractivity contribution in [3.05, 3.63) is 35.4 Å². The van der Waals surface area contributed by atoms with E-state index in [0.717, 1.165) is 5.56 Å². The van der Waals surface area contributed by atoms with Crippen molar-refractivity contribution in [2.45, 2.75) is 46.0 Å². The summed E-state index contributed by atoms with van der Waals surface area (Å²) in [6.07, 6.45) is 0.287. The van der Waals surface area contributed by atoms with Gasteiger partial charge >= 0.3 is 0 Å². The van der Waals surface area contributed by atoms with Crippen LogP contribution < -0.4 is 0 Å². The zero-order valence-electron chi connectivity index (χ0n) is 10.4. The lowest BCUT2D eigenvalue weighted by atomic mass is 9.63. The third kappa shape index (κ3) is 1.40. The molecular weight excluding hydrogens is 200 g/mol. The molecule has 1 aliphatic rings. The monoisotopic (exact) mass is 220 g/mol. The van der Waals surface area contributed by atoms with Crippen LogP contribution in [0.2, 0.25) is 0 Å². The van der Waals surface area contributed by atoms with Gasteiger partial charge in [-0.1, -0.05) is 38.1 Å². The predicted molar refractivity (Wildman–Crippen MR) is 64.0 cm³/mol. The van der Waals surface area contributed by atoms with Crippen LogP contribution in [0.1, 0.15) is 38.8 Å². The van der Waals surface area contributed by atoms with E-state index in [1.807, 2.05) is 12.1 Å². The van der Waals surface area contributed by atoms with Gasteiger partial charge in [-0.25, -0.2) is 0 Å². The van der Waals surface area contributed by atoms with Gasteiger partial charge in [0, 0.05) is 5.41 Å². The van der Waals surface area contributed by atoms with Crippen LogP contribution in [0.5, 0.6) is 0 Å². The Kier molecular flexibility index (Phi) is 2.59. The van der Waals surface area contributed by atoms with E-state index in [9.17, 15) is 0 Å². The molecule has 0 bridgehead atoms. The van der Waals surface area contributed by atoms with Gasteiger partial charge < -0.3 is 9.84 Å². The molecule has 1 N–H and O–H groups in total. The first-order valence-electron chi connectivity index (χ1n) is 5.80. The molecule has 1 fully saturated rings. The summed E-state index contributed by atoms with van der Waals surface area (Å²) in [5, 5.41) is 9.02. The maximum Gasteiger partial charge on any atom is 0.0982 e. The Balaban J connectivity index is 2.31. The first kappa shape index (κ1) is 11.6. The van der Waals surface area contributed by atoms with Gasteiger partial charge in [-0.05, 0) is 25.0 Å². The number of rotatable bonds is 2. The van der Waals surface area contributed by atoms with Crippen molar-refractivity contribution in [1.82, 2.24) is 0 Å². The van der Waals surface area contributed by atoms with Crippen LogP contribution in [0.3, 0.4) is 0 Å². The van der Waals surface area contributed by atoms with Gasteiger partial charge in [0.1, 0.15) is 0 Å². The fourth-order valence-electron chi connectivity index (χ4n) is 2.35. The lowest BCUT2D eigenvalue weighted by Gasteiger charge is -2.59. The Morgan fingerprint density at radius 1 is 1.19 bits per heavy atom. The molecule has 2 nitrogen and oxygen atoms in total. The minimum absolute atomic E-state index is 0.0949. The van der Waals surface area contributed by atoms with E-state index in [1.54, 1.807) is 0 Å². The topological polar surface area (TPSA) is 29.5 Å². The molecule has 2 unspecified atom stereocenters. The molecule has 1 heterocycles. The maximum atomic E-state index is 9.02. The number of aliphatic hydroxyl groups is 1. The molecular formula is C14H20O2. The average Bonchev–Trinajstić information content (AvgIpc) is 2.29. The third-order valence-corrected chi connectivity index (χ3v) is 4.35. The van der Waals surface area contributed by atoms with E-state index in [2.05, 4.69) is 39.8 Å². The summed E-state index contributed by atoms with van der Waals surface area (Å²) in [7, 11) is 0.